The number of benzene rings is 2. The van der Waals surface area contributed by atoms with Crippen LogP contribution in [0.4, 0.5) is 0 Å². The van der Waals surface area contributed by atoms with Gasteiger partial charge in [-0.25, -0.2) is 0 Å². The van der Waals surface area contributed by atoms with Crippen LogP contribution in [0.5, 0.6) is 11.5 Å². The van der Waals surface area contributed by atoms with E-state index >= 15 is 0 Å². The van der Waals surface area contributed by atoms with Crippen molar-refractivity contribution >= 4 is 11.9 Å². The molecule has 2 aromatic rings. The van der Waals surface area contributed by atoms with Crippen molar-refractivity contribution in [3.63, 3.8) is 0 Å². The van der Waals surface area contributed by atoms with Crippen molar-refractivity contribution in [1.29, 1.82) is 0 Å². The van der Waals surface area contributed by atoms with E-state index in [-0.39, 0.29) is 5.91 Å². The smallest absolute Gasteiger partial charge is 0.313 e. The number of carbonyl (C=O) groups is 2. The highest BCUT2D eigenvalue weighted by Crippen LogP contribution is 2.25. The number of hydrogen-bond donors (Lipinski definition) is 0. The molecule has 27 heavy (non-hydrogen) atoms. The molecule has 0 bridgehead atoms. The molecule has 1 saturated heterocycles. The summed E-state index contributed by atoms with van der Waals surface area (Å²) < 4.78 is 11.2. The summed E-state index contributed by atoms with van der Waals surface area (Å²) in [5.74, 6) is 0.492. The highest BCUT2D eigenvalue weighted by atomic mass is 16.5. The second-order valence-corrected chi connectivity index (χ2v) is 6.82. The minimum absolute atomic E-state index is 0.111. The normalized spacial score (nSPS) is 15.9. The number of esters is 1. The Kier molecular flexibility index (Phi) is 6.12. The summed E-state index contributed by atoms with van der Waals surface area (Å²) in [6.45, 7) is 4.92. The number of para-hydroxylation sites is 1. The summed E-state index contributed by atoms with van der Waals surface area (Å²) in [6, 6.07) is 16.8. The number of ether oxygens (including phenoxy) is 2. The molecule has 5 nitrogen and oxygen atoms in total. The number of carbonyl (C=O) groups excluding carboxylic acids is 2. The molecule has 0 saturated carbocycles. The van der Waals surface area contributed by atoms with Gasteiger partial charge >= 0.3 is 5.97 Å². The Bertz CT molecular complexity index is 767. The topological polar surface area (TPSA) is 55.8 Å². The lowest BCUT2D eigenvalue weighted by atomic mass is 10.0. The number of amides is 1. The van der Waals surface area contributed by atoms with Gasteiger partial charge in [0.1, 0.15) is 11.5 Å². The average molecular weight is 367 g/mol. The van der Waals surface area contributed by atoms with Crippen LogP contribution in [-0.4, -0.2) is 36.0 Å². The quantitative estimate of drug-likeness (QED) is 0.720. The van der Waals surface area contributed by atoms with Gasteiger partial charge in [0.15, 0.2) is 6.10 Å². The SMILES string of the molecule is C[C@H](OC(=O)[C@@H](C)c1ccc(Oc2ccccc2)cc1)C(=O)N1CCCC1. The molecule has 0 radical (unpaired) electrons. The average Bonchev–Trinajstić information content (AvgIpc) is 3.23. The Balaban J connectivity index is 1.57. The first kappa shape index (κ1) is 19.0. The predicted octanol–water partition coefficient (Wildman–Crippen LogP) is 4.14. The molecule has 1 fully saturated rings. The fourth-order valence-corrected chi connectivity index (χ4v) is 3.11. The number of nitrogens with zero attached hydrogens (tertiary/aromatic N) is 1. The monoisotopic (exact) mass is 367 g/mol. The van der Waals surface area contributed by atoms with E-state index in [1.54, 1.807) is 18.7 Å². The molecular formula is C22H25NO4. The molecule has 1 amide bonds. The van der Waals surface area contributed by atoms with Gasteiger partial charge in [-0.3, -0.25) is 9.59 Å². The molecule has 1 heterocycles. The number of rotatable bonds is 6. The zero-order chi connectivity index (χ0) is 19.2. The van der Waals surface area contributed by atoms with Gasteiger partial charge in [0.25, 0.3) is 5.91 Å². The summed E-state index contributed by atoms with van der Waals surface area (Å²) in [5, 5.41) is 0. The predicted molar refractivity (Wildman–Crippen MR) is 103 cm³/mol. The van der Waals surface area contributed by atoms with Crippen LogP contribution in [0.3, 0.4) is 0 Å². The van der Waals surface area contributed by atoms with Crippen LogP contribution in [-0.2, 0) is 14.3 Å². The van der Waals surface area contributed by atoms with Gasteiger partial charge in [-0.05, 0) is 56.5 Å². The van der Waals surface area contributed by atoms with Crippen molar-refractivity contribution < 1.29 is 19.1 Å². The summed E-state index contributed by atoms with van der Waals surface area (Å²) in [7, 11) is 0. The maximum atomic E-state index is 12.4. The largest absolute Gasteiger partial charge is 0.457 e. The third-order valence-corrected chi connectivity index (χ3v) is 4.77. The lowest BCUT2D eigenvalue weighted by Crippen LogP contribution is -2.38. The zero-order valence-corrected chi connectivity index (χ0v) is 15.8. The molecule has 0 aliphatic carbocycles. The summed E-state index contributed by atoms with van der Waals surface area (Å²) >= 11 is 0. The van der Waals surface area contributed by atoms with Crippen LogP contribution >= 0.6 is 0 Å². The maximum absolute atomic E-state index is 12.4. The van der Waals surface area contributed by atoms with Crippen LogP contribution in [0.2, 0.25) is 0 Å². The first-order valence-electron chi connectivity index (χ1n) is 9.37. The Morgan fingerprint density at radius 2 is 1.48 bits per heavy atom. The van der Waals surface area contributed by atoms with Gasteiger partial charge in [0.2, 0.25) is 0 Å². The van der Waals surface area contributed by atoms with E-state index in [4.69, 9.17) is 9.47 Å². The lowest BCUT2D eigenvalue weighted by Gasteiger charge is -2.22. The van der Waals surface area contributed by atoms with Gasteiger partial charge in [0.05, 0.1) is 5.92 Å². The molecule has 5 heteroatoms. The molecule has 0 N–H and O–H groups in total. The summed E-state index contributed by atoms with van der Waals surface area (Å²) in [5.41, 5.74) is 0.821. The lowest BCUT2D eigenvalue weighted by molar-refractivity contribution is -0.159. The van der Waals surface area contributed by atoms with Crippen molar-refractivity contribution in [3.05, 3.63) is 60.2 Å². The van der Waals surface area contributed by atoms with Gasteiger partial charge in [-0.2, -0.15) is 0 Å². The molecular weight excluding hydrogens is 342 g/mol. The van der Waals surface area contributed by atoms with E-state index in [1.165, 1.54) is 0 Å². The van der Waals surface area contributed by atoms with E-state index in [2.05, 4.69) is 0 Å². The second kappa shape index (κ2) is 8.71. The third-order valence-electron chi connectivity index (χ3n) is 4.77. The van der Waals surface area contributed by atoms with E-state index in [0.717, 1.165) is 37.2 Å². The van der Waals surface area contributed by atoms with E-state index in [9.17, 15) is 9.59 Å². The Hall–Kier alpha value is -2.82. The highest BCUT2D eigenvalue weighted by Gasteiger charge is 2.28. The highest BCUT2D eigenvalue weighted by molar-refractivity contribution is 5.85. The van der Waals surface area contributed by atoms with Crippen molar-refractivity contribution in [2.45, 2.75) is 38.7 Å². The molecule has 2 aromatic carbocycles. The van der Waals surface area contributed by atoms with Crippen LogP contribution < -0.4 is 4.74 Å². The second-order valence-electron chi connectivity index (χ2n) is 6.82. The van der Waals surface area contributed by atoms with Crippen molar-refractivity contribution in [3.8, 4) is 11.5 Å². The summed E-state index contributed by atoms with van der Waals surface area (Å²) in [4.78, 5) is 26.5. The fraction of sp³-hybridized carbons (Fsp3) is 0.364. The molecule has 142 valence electrons. The minimum atomic E-state index is -0.751. The molecule has 1 aliphatic heterocycles. The first-order chi connectivity index (χ1) is 13.0. The zero-order valence-electron chi connectivity index (χ0n) is 15.8. The van der Waals surface area contributed by atoms with Crippen LogP contribution in [0.15, 0.2) is 54.6 Å². The number of likely N-dealkylation sites (tertiary alicyclic amines) is 1. The molecule has 3 rings (SSSR count). The molecule has 2 atom stereocenters. The van der Waals surface area contributed by atoms with E-state index in [1.807, 2.05) is 54.6 Å². The van der Waals surface area contributed by atoms with Crippen LogP contribution in [0, 0.1) is 0 Å². The molecule has 0 spiro atoms. The molecule has 0 aromatic heterocycles. The van der Waals surface area contributed by atoms with Crippen molar-refractivity contribution in [2.24, 2.45) is 0 Å². The Morgan fingerprint density at radius 3 is 2.11 bits per heavy atom. The first-order valence-corrected chi connectivity index (χ1v) is 9.37. The Labute approximate surface area is 159 Å². The van der Waals surface area contributed by atoms with Gasteiger partial charge in [-0.1, -0.05) is 30.3 Å². The molecule has 1 aliphatic rings. The van der Waals surface area contributed by atoms with Gasteiger partial charge < -0.3 is 14.4 Å². The standard InChI is InChI=1S/C22H25NO4/c1-16(22(25)26-17(2)21(24)23-14-6-7-15-23)18-10-12-20(13-11-18)27-19-8-4-3-5-9-19/h3-5,8-13,16-17H,6-7,14-15H2,1-2H3/t16-,17-/m0/s1. The fourth-order valence-electron chi connectivity index (χ4n) is 3.11. The molecule has 0 unspecified atom stereocenters. The summed E-state index contributed by atoms with van der Waals surface area (Å²) in [6.07, 6.45) is 1.28. The maximum Gasteiger partial charge on any atom is 0.313 e. The number of hydrogen-bond acceptors (Lipinski definition) is 4. The van der Waals surface area contributed by atoms with Gasteiger partial charge in [0, 0.05) is 13.1 Å². The van der Waals surface area contributed by atoms with Crippen LogP contribution in [0.1, 0.15) is 38.2 Å². The van der Waals surface area contributed by atoms with E-state index in [0.29, 0.717) is 5.75 Å². The van der Waals surface area contributed by atoms with Crippen molar-refractivity contribution in [2.75, 3.05) is 13.1 Å². The minimum Gasteiger partial charge on any atom is -0.457 e. The third kappa shape index (κ3) is 4.88. The Morgan fingerprint density at radius 1 is 0.889 bits per heavy atom. The van der Waals surface area contributed by atoms with Crippen LogP contribution in [0.25, 0.3) is 0 Å². The van der Waals surface area contributed by atoms with Crippen molar-refractivity contribution in [1.82, 2.24) is 4.90 Å². The van der Waals surface area contributed by atoms with E-state index < -0.39 is 18.0 Å². The van der Waals surface area contributed by atoms with Gasteiger partial charge in [-0.15, -0.1) is 0 Å².